The zero-order valence-corrected chi connectivity index (χ0v) is 9.91. The fourth-order valence-corrected chi connectivity index (χ4v) is 1.74. The number of para-hydroxylation sites is 1. The number of aliphatic hydroxyl groups excluding tert-OH is 1. The van der Waals surface area contributed by atoms with Gasteiger partial charge in [0.15, 0.2) is 0 Å². The fourth-order valence-electron chi connectivity index (χ4n) is 1.59. The molecule has 0 saturated heterocycles. The highest BCUT2D eigenvalue weighted by molar-refractivity contribution is 7.80. The van der Waals surface area contributed by atoms with Crippen LogP contribution in [0.4, 0.5) is 0 Å². The predicted molar refractivity (Wildman–Crippen MR) is 70.2 cm³/mol. The van der Waals surface area contributed by atoms with Crippen molar-refractivity contribution in [1.82, 2.24) is 4.98 Å². The van der Waals surface area contributed by atoms with Gasteiger partial charge in [0.25, 0.3) is 0 Å². The van der Waals surface area contributed by atoms with Crippen LogP contribution in [0, 0.1) is 0 Å². The molecule has 1 aromatic carbocycles. The van der Waals surface area contributed by atoms with E-state index in [0.29, 0.717) is 11.3 Å². The number of pyridine rings is 1. The summed E-state index contributed by atoms with van der Waals surface area (Å²) in [7, 11) is 0. The molecule has 0 aliphatic rings. The second-order valence-corrected chi connectivity index (χ2v) is 3.89. The van der Waals surface area contributed by atoms with E-state index in [9.17, 15) is 0 Å². The molecule has 0 unspecified atom stereocenters. The predicted octanol–water partition coefficient (Wildman–Crippen LogP) is 1.24. The minimum Gasteiger partial charge on any atom is -0.490 e. The molecule has 0 spiro atoms. The number of aromatic nitrogens is 1. The number of rotatable bonds is 4. The molecule has 0 saturated carbocycles. The minimum atomic E-state index is -0.0621. The van der Waals surface area contributed by atoms with Crippen molar-refractivity contribution in [1.29, 1.82) is 0 Å². The summed E-state index contributed by atoms with van der Waals surface area (Å²) < 4.78 is 5.50. The van der Waals surface area contributed by atoms with E-state index in [0.717, 1.165) is 10.9 Å². The van der Waals surface area contributed by atoms with Gasteiger partial charge < -0.3 is 15.6 Å². The molecule has 0 amide bonds. The Morgan fingerprint density at radius 1 is 1.41 bits per heavy atom. The zero-order chi connectivity index (χ0) is 12.3. The maximum atomic E-state index is 8.82. The van der Waals surface area contributed by atoms with Crippen molar-refractivity contribution in [3.63, 3.8) is 0 Å². The molecule has 5 heteroatoms. The third-order valence-electron chi connectivity index (χ3n) is 2.33. The van der Waals surface area contributed by atoms with E-state index in [1.807, 2.05) is 24.3 Å². The number of benzene rings is 1. The van der Waals surface area contributed by atoms with Gasteiger partial charge in [-0.05, 0) is 12.1 Å². The summed E-state index contributed by atoms with van der Waals surface area (Å²) in [5, 5.41) is 9.66. The average molecular weight is 248 g/mol. The van der Waals surface area contributed by atoms with Crippen LogP contribution in [-0.2, 0) is 0 Å². The first kappa shape index (κ1) is 11.8. The van der Waals surface area contributed by atoms with E-state index < -0.39 is 0 Å². The smallest absolute Gasteiger partial charge is 0.140 e. The van der Waals surface area contributed by atoms with Gasteiger partial charge in [-0.15, -0.1) is 0 Å². The monoisotopic (exact) mass is 248 g/mol. The van der Waals surface area contributed by atoms with Gasteiger partial charge in [-0.25, -0.2) is 0 Å². The zero-order valence-electron chi connectivity index (χ0n) is 9.09. The van der Waals surface area contributed by atoms with Crippen molar-refractivity contribution in [2.24, 2.45) is 5.73 Å². The van der Waals surface area contributed by atoms with Crippen molar-refractivity contribution in [3.05, 3.63) is 36.0 Å². The molecule has 88 valence electrons. The molecule has 0 bridgehead atoms. The normalized spacial score (nSPS) is 10.4. The summed E-state index contributed by atoms with van der Waals surface area (Å²) in [6.45, 7) is 0.136. The van der Waals surface area contributed by atoms with Crippen LogP contribution in [0.15, 0.2) is 30.5 Å². The Morgan fingerprint density at radius 3 is 2.88 bits per heavy atom. The molecule has 2 rings (SSSR count). The molecule has 3 N–H and O–H groups in total. The second-order valence-electron chi connectivity index (χ2n) is 3.45. The Labute approximate surface area is 104 Å². The third-order valence-corrected chi connectivity index (χ3v) is 2.55. The van der Waals surface area contributed by atoms with Crippen LogP contribution in [0.5, 0.6) is 5.75 Å². The lowest BCUT2D eigenvalue weighted by Crippen LogP contribution is -2.14. The molecule has 1 heterocycles. The van der Waals surface area contributed by atoms with Crippen molar-refractivity contribution >= 4 is 28.1 Å². The summed E-state index contributed by atoms with van der Waals surface area (Å²) in [6, 6.07) is 7.55. The maximum absolute atomic E-state index is 8.82. The largest absolute Gasteiger partial charge is 0.490 e. The summed E-state index contributed by atoms with van der Waals surface area (Å²) in [6.07, 6.45) is 1.59. The van der Waals surface area contributed by atoms with Crippen LogP contribution in [0.1, 0.15) is 5.56 Å². The molecule has 4 nitrogen and oxygen atoms in total. The van der Waals surface area contributed by atoms with E-state index in [-0.39, 0.29) is 18.2 Å². The highest BCUT2D eigenvalue weighted by atomic mass is 32.1. The number of ether oxygens (including phenoxy) is 1. The molecular formula is C12H12N2O2S. The SMILES string of the molecule is NC(=S)c1cnc2ccccc2c1OCCO. The van der Waals surface area contributed by atoms with Crippen molar-refractivity contribution in [2.45, 2.75) is 0 Å². The summed E-state index contributed by atoms with van der Waals surface area (Å²) in [4.78, 5) is 4.49. The number of nitrogens with two attached hydrogens (primary N) is 1. The second kappa shape index (κ2) is 5.07. The van der Waals surface area contributed by atoms with Gasteiger partial charge >= 0.3 is 0 Å². The van der Waals surface area contributed by atoms with E-state index in [1.165, 1.54) is 0 Å². The molecular weight excluding hydrogens is 236 g/mol. The summed E-state index contributed by atoms with van der Waals surface area (Å²) >= 11 is 4.96. The van der Waals surface area contributed by atoms with Gasteiger partial charge in [0.1, 0.15) is 17.3 Å². The highest BCUT2D eigenvalue weighted by Gasteiger charge is 2.11. The molecule has 0 fully saturated rings. The van der Waals surface area contributed by atoms with Crippen LogP contribution in [0.3, 0.4) is 0 Å². The Balaban J connectivity index is 2.61. The Hall–Kier alpha value is -1.72. The molecule has 2 aromatic rings. The first-order chi connectivity index (χ1) is 8.24. The lowest BCUT2D eigenvalue weighted by Gasteiger charge is -2.12. The van der Waals surface area contributed by atoms with E-state index in [2.05, 4.69) is 4.98 Å². The first-order valence-corrected chi connectivity index (χ1v) is 5.56. The number of nitrogens with zero attached hydrogens (tertiary/aromatic N) is 1. The Kier molecular flexibility index (Phi) is 3.51. The van der Waals surface area contributed by atoms with Crippen LogP contribution < -0.4 is 10.5 Å². The molecule has 0 atom stereocenters. The van der Waals surface area contributed by atoms with Crippen LogP contribution >= 0.6 is 12.2 Å². The molecule has 0 aliphatic carbocycles. The third kappa shape index (κ3) is 2.35. The van der Waals surface area contributed by atoms with Crippen molar-refractivity contribution in [3.8, 4) is 5.75 Å². The van der Waals surface area contributed by atoms with Gasteiger partial charge in [0.05, 0.1) is 17.7 Å². The van der Waals surface area contributed by atoms with Crippen molar-refractivity contribution < 1.29 is 9.84 Å². The van der Waals surface area contributed by atoms with Crippen molar-refractivity contribution in [2.75, 3.05) is 13.2 Å². The van der Waals surface area contributed by atoms with E-state index in [4.69, 9.17) is 27.8 Å². The van der Waals surface area contributed by atoms with Crippen LogP contribution in [-0.4, -0.2) is 28.3 Å². The number of hydrogen-bond acceptors (Lipinski definition) is 4. The highest BCUT2D eigenvalue weighted by Crippen LogP contribution is 2.28. The number of aliphatic hydroxyl groups is 1. The molecule has 0 radical (unpaired) electrons. The molecule has 0 aliphatic heterocycles. The van der Waals surface area contributed by atoms with Gasteiger partial charge in [-0.1, -0.05) is 24.4 Å². The summed E-state index contributed by atoms with van der Waals surface area (Å²) in [5.74, 6) is 0.581. The van der Waals surface area contributed by atoms with Gasteiger partial charge in [0, 0.05) is 11.6 Å². The minimum absolute atomic E-state index is 0.0621. The quantitative estimate of drug-likeness (QED) is 0.797. The first-order valence-electron chi connectivity index (χ1n) is 5.15. The average Bonchev–Trinajstić information content (AvgIpc) is 2.35. The van der Waals surface area contributed by atoms with Crippen LogP contribution in [0.25, 0.3) is 10.9 Å². The summed E-state index contributed by atoms with van der Waals surface area (Å²) in [5.41, 5.74) is 7.02. The van der Waals surface area contributed by atoms with Gasteiger partial charge in [-0.3, -0.25) is 4.98 Å². The molecule has 17 heavy (non-hydrogen) atoms. The van der Waals surface area contributed by atoms with E-state index >= 15 is 0 Å². The molecule has 1 aromatic heterocycles. The number of fused-ring (bicyclic) bond motifs is 1. The standard InChI is InChI=1S/C12H12N2O2S/c13-12(17)9-7-14-10-4-2-1-3-8(10)11(9)16-6-5-15/h1-4,7,15H,5-6H2,(H2,13,17). The van der Waals surface area contributed by atoms with Crippen LogP contribution in [0.2, 0.25) is 0 Å². The topological polar surface area (TPSA) is 68.4 Å². The maximum Gasteiger partial charge on any atom is 0.140 e. The lowest BCUT2D eigenvalue weighted by molar-refractivity contribution is 0.202. The van der Waals surface area contributed by atoms with Gasteiger partial charge in [-0.2, -0.15) is 0 Å². The lowest BCUT2D eigenvalue weighted by atomic mass is 10.1. The fraction of sp³-hybridized carbons (Fsp3) is 0.167. The number of hydrogen-bond donors (Lipinski definition) is 2. The number of thiocarbonyl (C=S) groups is 1. The Bertz CT molecular complexity index is 557. The van der Waals surface area contributed by atoms with Gasteiger partial charge in [0.2, 0.25) is 0 Å². The Morgan fingerprint density at radius 2 is 2.18 bits per heavy atom. The van der Waals surface area contributed by atoms with E-state index in [1.54, 1.807) is 6.20 Å².